The Bertz CT molecular complexity index is 801. The number of benzene rings is 2. The molecule has 0 unspecified atom stereocenters. The molecule has 8 heteroatoms. The van der Waals surface area contributed by atoms with Crippen LogP contribution in [0.1, 0.15) is 5.56 Å². The maximum atomic E-state index is 12.0. The van der Waals surface area contributed by atoms with Gasteiger partial charge in [-0.1, -0.05) is 50.1 Å². The van der Waals surface area contributed by atoms with Crippen LogP contribution < -0.4 is 10.0 Å². The molecule has 2 aromatic carbocycles. The lowest BCUT2D eigenvalue weighted by Crippen LogP contribution is -2.27. The lowest BCUT2D eigenvalue weighted by atomic mass is 10.2. The van der Waals surface area contributed by atoms with Crippen LogP contribution in [0, 0.1) is 6.92 Å². The zero-order valence-electron chi connectivity index (χ0n) is 12.1. The lowest BCUT2D eigenvalue weighted by Gasteiger charge is -2.10. The Morgan fingerprint density at radius 3 is 2.17 bits per heavy atom. The second-order valence-electron chi connectivity index (χ2n) is 4.84. The van der Waals surface area contributed by atoms with Crippen LogP contribution in [0.2, 0.25) is 0 Å². The van der Waals surface area contributed by atoms with Crippen molar-refractivity contribution < 1.29 is 13.2 Å². The number of hydrogen-bond acceptors (Lipinski definition) is 3. The summed E-state index contributed by atoms with van der Waals surface area (Å²) >= 11 is 6.76. The van der Waals surface area contributed by atoms with Crippen LogP contribution in [0.15, 0.2) is 51.4 Å². The monoisotopic (exact) mass is 460 g/mol. The maximum Gasteiger partial charge on any atom is 0.241 e. The third-order valence-electron chi connectivity index (χ3n) is 2.93. The standard InChI is InChI=1S/C15H14Br2N2O3S/c1-10-13(16)7-12(8-14(10)17)18-15(20)9-23(21,22)19-11-5-3-2-4-6-11/h2-8,19H,9H2,1H3,(H,18,20). The molecule has 5 nitrogen and oxygen atoms in total. The molecule has 0 aliphatic heterocycles. The number of carbonyl (C=O) groups is 1. The number of sulfonamides is 1. The minimum atomic E-state index is -3.77. The summed E-state index contributed by atoms with van der Waals surface area (Å²) in [6, 6.07) is 11.9. The molecule has 0 fully saturated rings. The summed E-state index contributed by atoms with van der Waals surface area (Å²) < 4.78 is 28.0. The second-order valence-corrected chi connectivity index (χ2v) is 8.27. The van der Waals surface area contributed by atoms with Crippen molar-refractivity contribution in [2.24, 2.45) is 0 Å². The summed E-state index contributed by atoms with van der Waals surface area (Å²) in [5.41, 5.74) is 1.91. The average molecular weight is 462 g/mol. The summed E-state index contributed by atoms with van der Waals surface area (Å²) in [6.45, 7) is 1.91. The van der Waals surface area contributed by atoms with Gasteiger partial charge >= 0.3 is 0 Å². The second kappa shape index (κ2) is 7.46. The van der Waals surface area contributed by atoms with Crippen molar-refractivity contribution in [2.45, 2.75) is 6.92 Å². The van der Waals surface area contributed by atoms with E-state index < -0.39 is 21.7 Å². The van der Waals surface area contributed by atoms with Crippen LogP contribution in [0.3, 0.4) is 0 Å². The molecule has 1 amide bonds. The first-order valence-corrected chi connectivity index (χ1v) is 9.82. The van der Waals surface area contributed by atoms with Crippen molar-refractivity contribution >= 4 is 59.2 Å². The van der Waals surface area contributed by atoms with Gasteiger partial charge in [-0.25, -0.2) is 8.42 Å². The van der Waals surface area contributed by atoms with Crippen LogP contribution in [-0.2, 0) is 14.8 Å². The van der Waals surface area contributed by atoms with Crippen molar-refractivity contribution in [3.63, 3.8) is 0 Å². The molecule has 0 aliphatic carbocycles. The van der Waals surface area contributed by atoms with Gasteiger partial charge in [-0.2, -0.15) is 0 Å². The van der Waals surface area contributed by atoms with E-state index in [1.54, 1.807) is 42.5 Å². The SMILES string of the molecule is Cc1c(Br)cc(NC(=O)CS(=O)(=O)Nc2ccccc2)cc1Br. The first-order valence-electron chi connectivity index (χ1n) is 6.58. The fourth-order valence-electron chi connectivity index (χ4n) is 1.81. The molecule has 0 radical (unpaired) electrons. The number of anilines is 2. The quantitative estimate of drug-likeness (QED) is 0.708. The van der Waals surface area contributed by atoms with Gasteiger partial charge in [0.25, 0.3) is 0 Å². The highest BCUT2D eigenvalue weighted by Gasteiger charge is 2.17. The Hall–Kier alpha value is -1.38. The summed E-state index contributed by atoms with van der Waals surface area (Å²) in [5.74, 6) is -1.28. The molecule has 0 saturated heterocycles. The van der Waals surface area contributed by atoms with E-state index in [4.69, 9.17) is 0 Å². The number of amides is 1. The Morgan fingerprint density at radius 2 is 1.61 bits per heavy atom. The highest BCUT2D eigenvalue weighted by atomic mass is 79.9. The third-order valence-corrected chi connectivity index (χ3v) is 5.77. The van der Waals surface area contributed by atoms with Crippen molar-refractivity contribution in [3.05, 3.63) is 57.0 Å². The minimum absolute atomic E-state index is 0.418. The molecule has 0 atom stereocenters. The normalized spacial score (nSPS) is 11.1. The van der Waals surface area contributed by atoms with Crippen LogP contribution >= 0.6 is 31.9 Å². The van der Waals surface area contributed by atoms with Crippen molar-refractivity contribution in [1.82, 2.24) is 0 Å². The van der Waals surface area contributed by atoms with Gasteiger partial charge in [-0.05, 0) is 36.8 Å². The first-order chi connectivity index (χ1) is 10.8. The number of hydrogen-bond donors (Lipinski definition) is 2. The Balaban J connectivity index is 2.04. The fourth-order valence-corrected chi connectivity index (χ4v) is 3.98. The van der Waals surface area contributed by atoms with E-state index in [0.717, 1.165) is 14.5 Å². The number of rotatable bonds is 5. The number of halogens is 2. The van der Waals surface area contributed by atoms with Gasteiger partial charge in [0.2, 0.25) is 15.9 Å². The van der Waals surface area contributed by atoms with Crippen molar-refractivity contribution in [1.29, 1.82) is 0 Å². The van der Waals surface area contributed by atoms with Gasteiger partial charge in [0.15, 0.2) is 0 Å². The van der Waals surface area contributed by atoms with Gasteiger partial charge in [-0.3, -0.25) is 9.52 Å². The molecule has 0 spiro atoms. The molecule has 2 N–H and O–H groups in total. The van der Waals surface area contributed by atoms with Gasteiger partial charge in [-0.15, -0.1) is 0 Å². The first kappa shape index (κ1) is 18.0. The predicted molar refractivity (Wildman–Crippen MR) is 99.1 cm³/mol. The van der Waals surface area contributed by atoms with E-state index in [0.29, 0.717) is 11.4 Å². The molecule has 0 aliphatic rings. The Morgan fingerprint density at radius 1 is 1.04 bits per heavy atom. The smallest absolute Gasteiger partial charge is 0.241 e. The molecule has 0 saturated carbocycles. The number of nitrogens with one attached hydrogen (secondary N) is 2. The average Bonchev–Trinajstić information content (AvgIpc) is 2.44. The molecular formula is C15H14Br2N2O3S. The predicted octanol–water partition coefficient (Wildman–Crippen LogP) is 3.90. The molecule has 0 aromatic heterocycles. The molecule has 23 heavy (non-hydrogen) atoms. The van der Waals surface area contributed by atoms with Gasteiger partial charge in [0, 0.05) is 20.3 Å². The summed E-state index contributed by atoms with van der Waals surface area (Å²) in [7, 11) is -3.77. The summed E-state index contributed by atoms with van der Waals surface area (Å²) in [5, 5.41) is 2.57. The highest BCUT2D eigenvalue weighted by molar-refractivity contribution is 9.11. The van der Waals surface area contributed by atoms with Crippen LogP contribution in [-0.4, -0.2) is 20.1 Å². The number of carbonyl (C=O) groups excluding carboxylic acids is 1. The Labute approximate surface area is 151 Å². The van der Waals surface area contributed by atoms with Crippen LogP contribution in [0.25, 0.3) is 0 Å². The third kappa shape index (κ3) is 5.33. The topological polar surface area (TPSA) is 75.3 Å². The fraction of sp³-hybridized carbons (Fsp3) is 0.133. The highest BCUT2D eigenvalue weighted by Crippen LogP contribution is 2.28. The molecule has 0 heterocycles. The van der Waals surface area contributed by atoms with Crippen molar-refractivity contribution in [3.8, 4) is 0 Å². The van der Waals surface area contributed by atoms with Gasteiger partial charge in [0.1, 0.15) is 5.75 Å². The van der Waals surface area contributed by atoms with E-state index in [9.17, 15) is 13.2 Å². The molecule has 0 bridgehead atoms. The van der Waals surface area contributed by atoms with E-state index in [1.807, 2.05) is 6.92 Å². The maximum absolute atomic E-state index is 12.0. The molecule has 2 aromatic rings. The van der Waals surface area contributed by atoms with Gasteiger partial charge < -0.3 is 5.32 Å². The summed E-state index contributed by atoms with van der Waals surface area (Å²) in [6.07, 6.45) is 0. The Kier molecular flexibility index (Phi) is 5.83. The van der Waals surface area contributed by atoms with Gasteiger partial charge in [0.05, 0.1) is 0 Å². The van der Waals surface area contributed by atoms with E-state index in [2.05, 4.69) is 41.9 Å². The van der Waals surface area contributed by atoms with Crippen molar-refractivity contribution in [2.75, 3.05) is 15.8 Å². The van der Waals surface area contributed by atoms with E-state index >= 15 is 0 Å². The minimum Gasteiger partial charge on any atom is -0.325 e. The van der Waals surface area contributed by atoms with E-state index in [-0.39, 0.29) is 0 Å². The summed E-state index contributed by atoms with van der Waals surface area (Å²) in [4.78, 5) is 12.0. The van der Waals surface area contributed by atoms with Crippen LogP contribution in [0.5, 0.6) is 0 Å². The molecule has 122 valence electrons. The number of para-hydroxylation sites is 1. The lowest BCUT2D eigenvalue weighted by molar-refractivity contribution is -0.113. The zero-order chi connectivity index (χ0) is 17.0. The van der Waals surface area contributed by atoms with E-state index in [1.165, 1.54) is 0 Å². The molecular weight excluding hydrogens is 448 g/mol. The molecule has 2 rings (SSSR count). The largest absolute Gasteiger partial charge is 0.325 e. The zero-order valence-corrected chi connectivity index (χ0v) is 16.1. The van der Waals surface area contributed by atoms with Crippen LogP contribution in [0.4, 0.5) is 11.4 Å².